The van der Waals surface area contributed by atoms with E-state index in [0.29, 0.717) is 12.2 Å². The van der Waals surface area contributed by atoms with E-state index in [1.807, 2.05) is 56.4 Å². The number of aromatic amines is 1. The van der Waals surface area contributed by atoms with Crippen LogP contribution >= 0.6 is 0 Å². The minimum absolute atomic E-state index is 0.00714. The van der Waals surface area contributed by atoms with Crippen LogP contribution in [0.1, 0.15) is 21.6 Å². The molecule has 0 saturated carbocycles. The second-order valence-electron chi connectivity index (χ2n) is 5.42. The van der Waals surface area contributed by atoms with Crippen molar-refractivity contribution in [3.63, 3.8) is 0 Å². The first-order chi connectivity index (χ1) is 10.1. The minimum atomic E-state index is 0.00714. The number of hydrogen-bond donors (Lipinski definition) is 1. The van der Waals surface area contributed by atoms with E-state index in [-0.39, 0.29) is 5.91 Å². The quantitative estimate of drug-likeness (QED) is 0.778. The summed E-state index contributed by atoms with van der Waals surface area (Å²) in [6.07, 6.45) is 0. The summed E-state index contributed by atoms with van der Waals surface area (Å²) in [7, 11) is 1.83. The minimum Gasteiger partial charge on any atom is -0.351 e. The van der Waals surface area contributed by atoms with Crippen molar-refractivity contribution in [3.8, 4) is 0 Å². The Morgan fingerprint density at radius 1 is 1.10 bits per heavy atom. The lowest BCUT2D eigenvalue weighted by Crippen LogP contribution is -2.26. The fourth-order valence-corrected chi connectivity index (χ4v) is 2.49. The topological polar surface area (TPSA) is 36.1 Å². The number of nitrogens with one attached hydrogen (secondary N) is 1. The number of amides is 1. The molecule has 3 heteroatoms. The lowest BCUT2D eigenvalue weighted by Gasteiger charge is -2.16. The van der Waals surface area contributed by atoms with Gasteiger partial charge in [-0.1, -0.05) is 42.5 Å². The largest absolute Gasteiger partial charge is 0.351 e. The highest BCUT2D eigenvalue weighted by molar-refractivity contribution is 5.98. The smallest absolute Gasteiger partial charge is 0.270 e. The lowest BCUT2D eigenvalue weighted by molar-refractivity contribution is 0.0780. The van der Waals surface area contributed by atoms with Crippen LogP contribution in [-0.4, -0.2) is 22.8 Å². The number of benzene rings is 2. The molecule has 0 aliphatic heterocycles. The average molecular weight is 278 g/mol. The summed E-state index contributed by atoms with van der Waals surface area (Å²) in [5.74, 6) is 0.00714. The van der Waals surface area contributed by atoms with Gasteiger partial charge in [0, 0.05) is 24.5 Å². The molecule has 21 heavy (non-hydrogen) atoms. The molecule has 0 spiro atoms. The average Bonchev–Trinajstić information content (AvgIpc) is 2.90. The second-order valence-corrected chi connectivity index (χ2v) is 5.42. The highest BCUT2D eigenvalue weighted by atomic mass is 16.2. The van der Waals surface area contributed by atoms with Crippen LogP contribution in [0.5, 0.6) is 0 Å². The van der Waals surface area contributed by atoms with Crippen molar-refractivity contribution < 1.29 is 4.79 Å². The van der Waals surface area contributed by atoms with Gasteiger partial charge in [0.1, 0.15) is 5.69 Å². The second kappa shape index (κ2) is 5.44. The number of carbonyl (C=O) groups is 1. The highest BCUT2D eigenvalue weighted by Gasteiger charge is 2.14. The van der Waals surface area contributed by atoms with Gasteiger partial charge in [-0.15, -0.1) is 0 Å². The van der Waals surface area contributed by atoms with Crippen molar-refractivity contribution in [1.29, 1.82) is 0 Å². The predicted octanol–water partition coefficient (Wildman–Crippen LogP) is 3.75. The van der Waals surface area contributed by atoms with Crippen molar-refractivity contribution in [2.75, 3.05) is 7.05 Å². The van der Waals surface area contributed by atoms with Gasteiger partial charge in [0.15, 0.2) is 0 Å². The van der Waals surface area contributed by atoms with E-state index in [1.54, 1.807) is 4.90 Å². The Morgan fingerprint density at radius 2 is 1.86 bits per heavy atom. The van der Waals surface area contributed by atoms with Crippen LogP contribution in [0.25, 0.3) is 10.9 Å². The van der Waals surface area contributed by atoms with Crippen LogP contribution in [0.3, 0.4) is 0 Å². The molecule has 106 valence electrons. The summed E-state index contributed by atoms with van der Waals surface area (Å²) in [6.45, 7) is 2.65. The van der Waals surface area contributed by atoms with E-state index in [1.165, 1.54) is 5.56 Å². The molecule has 0 unspecified atom stereocenters. The number of aromatic nitrogens is 1. The van der Waals surface area contributed by atoms with E-state index in [9.17, 15) is 4.79 Å². The molecule has 0 atom stereocenters. The monoisotopic (exact) mass is 278 g/mol. The Morgan fingerprint density at radius 3 is 2.62 bits per heavy atom. The van der Waals surface area contributed by atoms with Crippen LogP contribution in [0.15, 0.2) is 54.6 Å². The molecule has 0 radical (unpaired) electrons. The molecule has 0 aliphatic carbocycles. The molecule has 1 N–H and O–H groups in total. The maximum atomic E-state index is 12.5. The SMILES string of the molecule is Cc1ccc2cc(C(=O)N(C)Cc3ccccc3)[nH]c2c1. The number of H-pyrrole nitrogens is 1. The van der Waals surface area contributed by atoms with Gasteiger partial charge in [0.2, 0.25) is 0 Å². The molecule has 1 amide bonds. The standard InChI is InChI=1S/C18H18N2O/c1-13-8-9-15-11-17(19-16(15)10-13)18(21)20(2)12-14-6-4-3-5-7-14/h3-11,19H,12H2,1-2H3. The zero-order chi connectivity index (χ0) is 14.8. The summed E-state index contributed by atoms with van der Waals surface area (Å²) in [6, 6.07) is 18.1. The van der Waals surface area contributed by atoms with E-state index < -0.39 is 0 Å². The van der Waals surface area contributed by atoms with Crippen LogP contribution in [0, 0.1) is 6.92 Å². The third kappa shape index (κ3) is 2.82. The first-order valence-corrected chi connectivity index (χ1v) is 7.02. The first kappa shape index (κ1) is 13.4. The Bertz CT molecular complexity index is 774. The van der Waals surface area contributed by atoms with Crippen LogP contribution in [0.2, 0.25) is 0 Å². The third-order valence-electron chi connectivity index (χ3n) is 3.62. The Kier molecular flexibility index (Phi) is 3.48. The first-order valence-electron chi connectivity index (χ1n) is 7.02. The number of aryl methyl sites for hydroxylation is 1. The Hall–Kier alpha value is -2.55. The van der Waals surface area contributed by atoms with Gasteiger partial charge in [-0.05, 0) is 30.2 Å². The summed E-state index contributed by atoms with van der Waals surface area (Å²) < 4.78 is 0. The number of carbonyl (C=O) groups excluding carboxylic acids is 1. The maximum Gasteiger partial charge on any atom is 0.270 e. The maximum absolute atomic E-state index is 12.5. The molecular formula is C18H18N2O. The summed E-state index contributed by atoms with van der Waals surface area (Å²) in [5.41, 5.74) is 3.95. The predicted molar refractivity (Wildman–Crippen MR) is 85.3 cm³/mol. The van der Waals surface area contributed by atoms with Gasteiger partial charge in [-0.25, -0.2) is 0 Å². The van der Waals surface area contributed by atoms with E-state index in [2.05, 4.69) is 17.1 Å². The fraction of sp³-hybridized carbons (Fsp3) is 0.167. The van der Waals surface area contributed by atoms with Gasteiger partial charge in [0.25, 0.3) is 5.91 Å². The van der Waals surface area contributed by atoms with Crippen molar-refractivity contribution >= 4 is 16.8 Å². The molecule has 1 heterocycles. The molecule has 3 aromatic rings. The van der Waals surface area contributed by atoms with Crippen LogP contribution < -0.4 is 0 Å². The molecule has 0 aliphatic rings. The number of nitrogens with zero attached hydrogens (tertiary/aromatic N) is 1. The lowest BCUT2D eigenvalue weighted by atomic mass is 10.2. The van der Waals surface area contributed by atoms with E-state index in [4.69, 9.17) is 0 Å². The van der Waals surface area contributed by atoms with E-state index in [0.717, 1.165) is 16.5 Å². The van der Waals surface area contributed by atoms with Crippen molar-refractivity contribution in [3.05, 3.63) is 71.4 Å². The molecule has 0 bridgehead atoms. The van der Waals surface area contributed by atoms with Crippen LogP contribution in [0.4, 0.5) is 0 Å². The number of hydrogen-bond acceptors (Lipinski definition) is 1. The van der Waals surface area contributed by atoms with E-state index >= 15 is 0 Å². The van der Waals surface area contributed by atoms with Gasteiger partial charge in [-0.3, -0.25) is 4.79 Å². The third-order valence-corrected chi connectivity index (χ3v) is 3.62. The van der Waals surface area contributed by atoms with Crippen molar-refractivity contribution in [2.24, 2.45) is 0 Å². The normalized spacial score (nSPS) is 10.8. The highest BCUT2D eigenvalue weighted by Crippen LogP contribution is 2.18. The van der Waals surface area contributed by atoms with Gasteiger partial charge in [-0.2, -0.15) is 0 Å². The van der Waals surface area contributed by atoms with Crippen LogP contribution in [-0.2, 0) is 6.54 Å². The Balaban J connectivity index is 1.82. The van der Waals surface area contributed by atoms with Gasteiger partial charge < -0.3 is 9.88 Å². The molecular weight excluding hydrogens is 260 g/mol. The molecule has 3 nitrogen and oxygen atoms in total. The van der Waals surface area contributed by atoms with Gasteiger partial charge in [0.05, 0.1) is 0 Å². The summed E-state index contributed by atoms with van der Waals surface area (Å²) >= 11 is 0. The molecule has 0 fully saturated rings. The molecule has 0 saturated heterocycles. The van der Waals surface area contributed by atoms with Gasteiger partial charge >= 0.3 is 0 Å². The van der Waals surface area contributed by atoms with Crippen molar-refractivity contribution in [1.82, 2.24) is 9.88 Å². The zero-order valence-electron chi connectivity index (χ0n) is 12.3. The van der Waals surface area contributed by atoms with Crippen molar-refractivity contribution in [2.45, 2.75) is 13.5 Å². The number of rotatable bonds is 3. The summed E-state index contributed by atoms with van der Waals surface area (Å²) in [4.78, 5) is 17.4. The molecule has 2 aromatic carbocycles. The zero-order valence-corrected chi connectivity index (χ0v) is 12.3. The Labute approximate surface area is 124 Å². The number of fused-ring (bicyclic) bond motifs is 1. The summed E-state index contributed by atoms with van der Waals surface area (Å²) in [5, 5.41) is 1.07. The molecule has 3 rings (SSSR count). The molecule has 1 aromatic heterocycles. The fourth-order valence-electron chi connectivity index (χ4n) is 2.49.